The highest BCUT2D eigenvalue weighted by Crippen LogP contribution is 2.47. The molecule has 0 saturated heterocycles. The Hall–Kier alpha value is -3.67. The molecule has 0 spiro atoms. The van der Waals surface area contributed by atoms with E-state index in [1.54, 1.807) is 59.7 Å². The van der Waals surface area contributed by atoms with Crippen LogP contribution in [-0.2, 0) is 19.1 Å². The molecule has 0 aromatic heterocycles. The highest BCUT2D eigenvalue weighted by atomic mass is 16.5. The topological polar surface area (TPSA) is 81.7 Å². The van der Waals surface area contributed by atoms with Crippen LogP contribution in [0.5, 0.6) is 0 Å². The summed E-state index contributed by atoms with van der Waals surface area (Å²) in [6, 6.07) is 12.9. The van der Waals surface area contributed by atoms with Crippen LogP contribution >= 0.6 is 0 Å². The van der Waals surface area contributed by atoms with Gasteiger partial charge in [0, 0.05) is 22.5 Å². The van der Waals surface area contributed by atoms with Crippen LogP contribution in [0, 0.1) is 0 Å². The average molecular weight is 460 g/mol. The Morgan fingerprint density at radius 1 is 0.765 bits per heavy atom. The zero-order chi connectivity index (χ0) is 24.7. The van der Waals surface area contributed by atoms with Gasteiger partial charge in [-0.05, 0) is 58.2 Å². The van der Waals surface area contributed by atoms with E-state index < -0.39 is 17.9 Å². The third kappa shape index (κ3) is 3.94. The number of ether oxygens (including phenoxy) is 2. The van der Waals surface area contributed by atoms with Gasteiger partial charge in [0.05, 0.1) is 29.3 Å². The molecule has 4 rings (SSSR count). The van der Waals surface area contributed by atoms with E-state index >= 15 is 0 Å². The molecule has 34 heavy (non-hydrogen) atoms. The van der Waals surface area contributed by atoms with Gasteiger partial charge < -0.3 is 14.8 Å². The van der Waals surface area contributed by atoms with Crippen LogP contribution in [0.2, 0.25) is 0 Å². The van der Waals surface area contributed by atoms with Crippen molar-refractivity contribution in [1.29, 1.82) is 0 Å². The quantitative estimate of drug-likeness (QED) is 0.539. The normalized spacial score (nSPS) is 15.5. The van der Waals surface area contributed by atoms with E-state index in [9.17, 15) is 14.4 Å². The minimum absolute atomic E-state index is 0.0691. The number of dihydropyridines is 1. The molecular formula is C28H29NO5. The molecule has 0 radical (unpaired) electrons. The van der Waals surface area contributed by atoms with Crippen molar-refractivity contribution < 1.29 is 23.9 Å². The number of carbonyl (C=O) groups is 3. The molecule has 0 saturated carbocycles. The zero-order valence-electron chi connectivity index (χ0n) is 20.3. The lowest BCUT2D eigenvalue weighted by atomic mass is 9.77. The first kappa shape index (κ1) is 23.5. The second-order valence-electron chi connectivity index (χ2n) is 9.19. The second kappa shape index (κ2) is 8.93. The molecular weight excluding hydrogens is 430 g/mol. The van der Waals surface area contributed by atoms with Crippen LogP contribution in [0.1, 0.15) is 68.9 Å². The van der Waals surface area contributed by atoms with Crippen molar-refractivity contribution in [3.63, 3.8) is 0 Å². The number of fused-ring (bicyclic) bond motifs is 3. The summed E-state index contributed by atoms with van der Waals surface area (Å²) in [6.07, 6.45) is -0.675. The summed E-state index contributed by atoms with van der Waals surface area (Å²) in [6.45, 7) is 10.7. The van der Waals surface area contributed by atoms with E-state index in [0.29, 0.717) is 39.2 Å². The molecule has 6 nitrogen and oxygen atoms in total. The van der Waals surface area contributed by atoms with E-state index in [1.165, 1.54) is 0 Å². The van der Waals surface area contributed by atoms with Crippen molar-refractivity contribution in [3.8, 4) is 11.1 Å². The van der Waals surface area contributed by atoms with Gasteiger partial charge in [-0.2, -0.15) is 0 Å². The maximum absolute atomic E-state index is 13.3. The zero-order valence-corrected chi connectivity index (χ0v) is 20.3. The van der Waals surface area contributed by atoms with Crippen LogP contribution in [0.15, 0.2) is 65.0 Å². The van der Waals surface area contributed by atoms with Crippen LogP contribution < -0.4 is 5.32 Å². The Morgan fingerprint density at radius 2 is 1.26 bits per heavy atom. The van der Waals surface area contributed by atoms with Crippen LogP contribution in [-0.4, -0.2) is 29.9 Å². The predicted octanol–water partition coefficient (Wildman–Crippen LogP) is 5.04. The lowest BCUT2D eigenvalue weighted by Crippen LogP contribution is -2.34. The standard InChI is InChI=1S/C28H29NO5/c1-14(2)33-27(31)22-16(5)29-17(6)23(28(32)34-15(3)4)25(22)20-12-9-13-21-24(20)18-10-7-8-11-19(18)26(21)30/h7-15,25,29H,1-6H3. The van der Waals surface area contributed by atoms with Crippen molar-refractivity contribution in [2.75, 3.05) is 0 Å². The van der Waals surface area contributed by atoms with Gasteiger partial charge in [0.25, 0.3) is 0 Å². The van der Waals surface area contributed by atoms with Crippen molar-refractivity contribution in [2.45, 2.75) is 59.7 Å². The summed E-state index contributed by atoms with van der Waals surface area (Å²) in [5.74, 6) is -1.85. The Labute approximate surface area is 199 Å². The van der Waals surface area contributed by atoms with Gasteiger partial charge in [-0.1, -0.05) is 42.5 Å². The molecule has 2 aliphatic rings. The second-order valence-corrected chi connectivity index (χ2v) is 9.19. The summed E-state index contributed by atoms with van der Waals surface area (Å²) in [5.41, 5.74) is 5.26. The lowest BCUT2D eigenvalue weighted by Gasteiger charge is -2.32. The Balaban J connectivity index is 1.99. The molecule has 6 heteroatoms. The molecule has 1 aliphatic carbocycles. The number of hydrogen-bond acceptors (Lipinski definition) is 6. The van der Waals surface area contributed by atoms with Gasteiger partial charge in [0.15, 0.2) is 5.78 Å². The van der Waals surface area contributed by atoms with E-state index in [1.807, 2.05) is 24.3 Å². The molecule has 1 aliphatic heterocycles. The Kier molecular flexibility index (Phi) is 6.17. The van der Waals surface area contributed by atoms with E-state index in [0.717, 1.165) is 11.1 Å². The summed E-state index contributed by atoms with van der Waals surface area (Å²) in [5, 5.41) is 3.17. The lowest BCUT2D eigenvalue weighted by molar-refractivity contribution is -0.143. The summed E-state index contributed by atoms with van der Waals surface area (Å²) in [7, 11) is 0. The van der Waals surface area contributed by atoms with Gasteiger partial charge >= 0.3 is 11.9 Å². The Bertz CT molecular complexity index is 1220. The van der Waals surface area contributed by atoms with Gasteiger partial charge in [0.1, 0.15) is 0 Å². The molecule has 1 heterocycles. The first-order chi connectivity index (χ1) is 16.1. The van der Waals surface area contributed by atoms with Crippen LogP contribution in [0.25, 0.3) is 11.1 Å². The molecule has 0 atom stereocenters. The molecule has 0 unspecified atom stereocenters. The largest absolute Gasteiger partial charge is 0.460 e. The number of rotatable bonds is 5. The predicted molar refractivity (Wildman–Crippen MR) is 129 cm³/mol. The highest BCUT2D eigenvalue weighted by Gasteiger charge is 2.41. The van der Waals surface area contributed by atoms with Crippen molar-refractivity contribution in [2.24, 2.45) is 0 Å². The molecule has 1 N–H and O–H groups in total. The fourth-order valence-corrected chi connectivity index (χ4v) is 4.75. The number of esters is 2. The number of nitrogens with one attached hydrogen (secondary N) is 1. The smallest absolute Gasteiger partial charge is 0.337 e. The third-order valence-corrected chi connectivity index (χ3v) is 5.98. The molecule has 176 valence electrons. The number of ketones is 1. The summed E-state index contributed by atoms with van der Waals surface area (Å²) >= 11 is 0. The summed E-state index contributed by atoms with van der Waals surface area (Å²) in [4.78, 5) is 39.8. The third-order valence-electron chi connectivity index (χ3n) is 5.98. The highest BCUT2D eigenvalue weighted by molar-refractivity contribution is 6.22. The maximum Gasteiger partial charge on any atom is 0.337 e. The van der Waals surface area contributed by atoms with Gasteiger partial charge in [-0.15, -0.1) is 0 Å². The molecule has 2 aromatic carbocycles. The average Bonchev–Trinajstić information content (AvgIpc) is 3.04. The van der Waals surface area contributed by atoms with Crippen molar-refractivity contribution >= 4 is 17.7 Å². The number of hydrogen-bond donors (Lipinski definition) is 1. The van der Waals surface area contributed by atoms with Crippen LogP contribution in [0.4, 0.5) is 0 Å². The number of carbonyl (C=O) groups excluding carboxylic acids is 3. The monoisotopic (exact) mass is 459 g/mol. The minimum atomic E-state index is -0.757. The molecule has 0 fully saturated rings. The van der Waals surface area contributed by atoms with Gasteiger partial charge in [-0.3, -0.25) is 4.79 Å². The Morgan fingerprint density at radius 3 is 1.79 bits per heavy atom. The molecule has 0 amide bonds. The van der Waals surface area contributed by atoms with Gasteiger partial charge in [-0.25, -0.2) is 9.59 Å². The van der Waals surface area contributed by atoms with Gasteiger partial charge in [0.2, 0.25) is 0 Å². The number of allylic oxidation sites excluding steroid dienone is 2. The fraction of sp³-hybridized carbons (Fsp3) is 0.321. The van der Waals surface area contributed by atoms with Crippen molar-refractivity contribution in [3.05, 3.63) is 81.7 Å². The molecule has 2 aromatic rings. The SMILES string of the molecule is CC1=C(C(=O)OC(C)C)C(c2cccc3c2-c2ccccc2C3=O)C(C(=O)OC(C)C)=C(C)N1. The van der Waals surface area contributed by atoms with E-state index in [-0.39, 0.29) is 18.0 Å². The fourth-order valence-electron chi connectivity index (χ4n) is 4.75. The van der Waals surface area contributed by atoms with Crippen LogP contribution in [0.3, 0.4) is 0 Å². The summed E-state index contributed by atoms with van der Waals surface area (Å²) < 4.78 is 11.2. The van der Waals surface area contributed by atoms with Crippen molar-refractivity contribution in [1.82, 2.24) is 5.32 Å². The number of benzene rings is 2. The van der Waals surface area contributed by atoms with E-state index in [2.05, 4.69) is 5.32 Å². The minimum Gasteiger partial charge on any atom is -0.460 e. The maximum atomic E-state index is 13.3. The molecule has 0 bridgehead atoms. The first-order valence-corrected chi connectivity index (χ1v) is 11.5. The first-order valence-electron chi connectivity index (χ1n) is 11.5. The van der Waals surface area contributed by atoms with E-state index in [4.69, 9.17) is 9.47 Å².